The molecule has 0 amide bonds. The van der Waals surface area contributed by atoms with Crippen LogP contribution in [0.2, 0.25) is 10.0 Å². The summed E-state index contributed by atoms with van der Waals surface area (Å²) in [5, 5.41) is 13.8. The minimum atomic E-state index is -0.749. The summed E-state index contributed by atoms with van der Waals surface area (Å²) in [6.07, 6.45) is 1.23. The van der Waals surface area contributed by atoms with Crippen LogP contribution in [0.5, 0.6) is 0 Å². The van der Waals surface area contributed by atoms with E-state index in [-0.39, 0.29) is 17.5 Å². The molecule has 3 rings (SSSR count). The summed E-state index contributed by atoms with van der Waals surface area (Å²) in [6.45, 7) is 0. The molecule has 0 spiro atoms. The van der Waals surface area contributed by atoms with Crippen molar-refractivity contribution in [3.8, 4) is 0 Å². The monoisotopic (exact) mass is 367 g/mol. The molecule has 0 fully saturated rings. The number of aromatic nitrogens is 3. The Morgan fingerprint density at radius 1 is 0.958 bits per heavy atom. The fourth-order valence-electron chi connectivity index (χ4n) is 1.88. The fourth-order valence-corrected chi connectivity index (χ4v) is 2.21. The van der Waals surface area contributed by atoms with Crippen molar-refractivity contribution in [1.82, 2.24) is 15.2 Å². The second kappa shape index (κ2) is 6.94. The molecule has 0 atom stereocenters. The highest BCUT2D eigenvalue weighted by atomic mass is 35.5. The predicted molar refractivity (Wildman–Crippen MR) is 89.2 cm³/mol. The summed E-state index contributed by atoms with van der Waals surface area (Å²) in [4.78, 5) is 4.09. The predicted octanol–water partition coefficient (Wildman–Crippen LogP) is 4.94. The zero-order valence-corrected chi connectivity index (χ0v) is 13.4. The first-order valence-corrected chi connectivity index (χ1v) is 7.41. The molecule has 1 heterocycles. The highest BCUT2D eigenvalue weighted by molar-refractivity contribution is 6.35. The van der Waals surface area contributed by atoms with Crippen LogP contribution in [0.25, 0.3) is 0 Å². The number of para-hydroxylation sites is 1. The highest BCUT2D eigenvalue weighted by Crippen LogP contribution is 2.28. The Bertz CT molecular complexity index is 871. The molecule has 0 aliphatic heterocycles. The van der Waals surface area contributed by atoms with Crippen molar-refractivity contribution in [2.75, 3.05) is 10.6 Å². The Hall–Kier alpha value is -2.51. The van der Waals surface area contributed by atoms with E-state index in [1.807, 2.05) is 0 Å². The summed E-state index contributed by atoms with van der Waals surface area (Å²) >= 11 is 12.0. The molecule has 9 heteroatoms. The number of hydrogen-bond donors (Lipinski definition) is 2. The first-order chi connectivity index (χ1) is 11.5. The van der Waals surface area contributed by atoms with Crippen molar-refractivity contribution in [1.29, 1.82) is 0 Å². The van der Waals surface area contributed by atoms with Gasteiger partial charge in [-0.1, -0.05) is 29.3 Å². The number of halogens is 4. The number of nitrogens with zero attached hydrogens (tertiary/aromatic N) is 3. The maximum atomic E-state index is 13.7. The molecule has 1 aromatic heterocycles. The van der Waals surface area contributed by atoms with Crippen LogP contribution in [0, 0.1) is 11.6 Å². The summed E-state index contributed by atoms with van der Waals surface area (Å²) < 4.78 is 27.3. The zero-order chi connectivity index (χ0) is 17.1. The van der Waals surface area contributed by atoms with Crippen LogP contribution in [0.4, 0.5) is 31.9 Å². The van der Waals surface area contributed by atoms with E-state index in [0.29, 0.717) is 15.7 Å². The maximum Gasteiger partial charge on any atom is 0.249 e. The lowest BCUT2D eigenvalue weighted by molar-refractivity contribution is 0.590. The molecule has 0 saturated carbocycles. The molecule has 2 N–H and O–H groups in total. The molecule has 5 nitrogen and oxygen atoms in total. The van der Waals surface area contributed by atoms with Crippen LogP contribution >= 0.6 is 23.2 Å². The van der Waals surface area contributed by atoms with Crippen molar-refractivity contribution >= 4 is 46.3 Å². The molecule has 0 radical (unpaired) electrons. The van der Waals surface area contributed by atoms with Gasteiger partial charge in [0.25, 0.3) is 0 Å². The van der Waals surface area contributed by atoms with Gasteiger partial charge in [-0.15, -0.1) is 5.10 Å². The lowest BCUT2D eigenvalue weighted by Crippen LogP contribution is -2.04. The van der Waals surface area contributed by atoms with E-state index in [1.54, 1.807) is 18.2 Å². The van der Waals surface area contributed by atoms with Gasteiger partial charge >= 0.3 is 0 Å². The van der Waals surface area contributed by atoms with Gasteiger partial charge in [-0.25, -0.2) is 8.78 Å². The topological polar surface area (TPSA) is 62.7 Å². The molecule has 24 heavy (non-hydrogen) atoms. The first kappa shape index (κ1) is 16.4. The third-order valence-corrected chi connectivity index (χ3v) is 3.51. The number of anilines is 4. The second-order valence-corrected chi connectivity index (χ2v) is 5.48. The Balaban J connectivity index is 1.86. The number of rotatable bonds is 4. The van der Waals surface area contributed by atoms with E-state index in [0.717, 1.165) is 12.1 Å². The summed E-state index contributed by atoms with van der Waals surface area (Å²) in [6, 6.07) is 8.35. The molecule has 0 unspecified atom stereocenters. The number of nitrogens with one attached hydrogen (secondary N) is 2. The van der Waals surface area contributed by atoms with Gasteiger partial charge in [0.2, 0.25) is 5.95 Å². The van der Waals surface area contributed by atoms with E-state index in [1.165, 1.54) is 12.3 Å². The molecule has 2 aromatic carbocycles. The van der Waals surface area contributed by atoms with Crippen LogP contribution in [-0.4, -0.2) is 15.2 Å². The van der Waals surface area contributed by atoms with Crippen LogP contribution in [0.1, 0.15) is 0 Å². The largest absolute Gasteiger partial charge is 0.334 e. The molecule has 0 saturated heterocycles. The molecule has 3 aromatic rings. The number of benzene rings is 2. The zero-order valence-electron chi connectivity index (χ0n) is 11.9. The van der Waals surface area contributed by atoms with Gasteiger partial charge in [0, 0.05) is 5.02 Å². The Kier molecular flexibility index (Phi) is 4.73. The van der Waals surface area contributed by atoms with Gasteiger partial charge in [0.1, 0.15) is 17.3 Å². The Morgan fingerprint density at radius 2 is 1.71 bits per heavy atom. The lowest BCUT2D eigenvalue weighted by Gasteiger charge is -2.10. The SMILES string of the molecule is Fc1cccc(F)c1Nc1cnnc(Nc2cc(Cl)ccc2Cl)n1. The number of hydrogen-bond acceptors (Lipinski definition) is 5. The van der Waals surface area contributed by atoms with E-state index < -0.39 is 11.6 Å². The molecule has 0 bridgehead atoms. The minimum absolute atomic E-state index is 0.0842. The van der Waals surface area contributed by atoms with Crippen LogP contribution in [-0.2, 0) is 0 Å². The third-order valence-electron chi connectivity index (χ3n) is 2.95. The molecular weight excluding hydrogens is 359 g/mol. The smallest absolute Gasteiger partial charge is 0.249 e. The van der Waals surface area contributed by atoms with Crippen molar-refractivity contribution in [2.24, 2.45) is 0 Å². The molecule has 0 aliphatic carbocycles. The molecule has 0 aliphatic rings. The Labute approximate surface area is 145 Å². The van der Waals surface area contributed by atoms with Crippen LogP contribution < -0.4 is 10.6 Å². The van der Waals surface area contributed by atoms with E-state index in [2.05, 4.69) is 25.8 Å². The average Bonchev–Trinajstić information content (AvgIpc) is 2.55. The average molecular weight is 368 g/mol. The summed E-state index contributed by atoms with van der Waals surface area (Å²) in [5.74, 6) is -1.31. The van der Waals surface area contributed by atoms with E-state index >= 15 is 0 Å². The Morgan fingerprint density at radius 3 is 2.46 bits per heavy atom. The van der Waals surface area contributed by atoms with Crippen molar-refractivity contribution in [3.63, 3.8) is 0 Å². The minimum Gasteiger partial charge on any atom is -0.334 e. The fraction of sp³-hybridized carbons (Fsp3) is 0. The summed E-state index contributed by atoms with van der Waals surface area (Å²) in [7, 11) is 0. The van der Waals surface area contributed by atoms with Crippen LogP contribution in [0.15, 0.2) is 42.6 Å². The highest BCUT2D eigenvalue weighted by Gasteiger charge is 2.11. The van der Waals surface area contributed by atoms with E-state index in [4.69, 9.17) is 23.2 Å². The lowest BCUT2D eigenvalue weighted by atomic mass is 10.3. The first-order valence-electron chi connectivity index (χ1n) is 6.66. The van der Waals surface area contributed by atoms with Crippen molar-refractivity contribution in [2.45, 2.75) is 0 Å². The van der Waals surface area contributed by atoms with Gasteiger partial charge in [-0.3, -0.25) is 0 Å². The van der Waals surface area contributed by atoms with Crippen LogP contribution in [0.3, 0.4) is 0 Å². The van der Waals surface area contributed by atoms with Gasteiger partial charge in [-0.05, 0) is 30.3 Å². The third kappa shape index (κ3) is 3.69. The maximum absolute atomic E-state index is 13.7. The second-order valence-electron chi connectivity index (χ2n) is 4.64. The van der Waals surface area contributed by atoms with E-state index in [9.17, 15) is 8.78 Å². The molecule has 122 valence electrons. The van der Waals surface area contributed by atoms with Gasteiger partial charge in [-0.2, -0.15) is 10.1 Å². The quantitative estimate of drug-likeness (QED) is 0.683. The van der Waals surface area contributed by atoms with Crippen molar-refractivity contribution < 1.29 is 8.78 Å². The normalized spacial score (nSPS) is 10.5. The summed E-state index contributed by atoms with van der Waals surface area (Å²) in [5.41, 5.74) is 0.143. The van der Waals surface area contributed by atoms with Crippen molar-refractivity contribution in [3.05, 3.63) is 64.3 Å². The van der Waals surface area contributed by atoms with Gasteiger partial charge in [0.05, 0.1) is 16.9 Å². The van der Waals surface area contributed by atoms with Gasteiger partial charge in [0.15, 0.2) is 5.82 Å². The standard InChI is InChI=1S/C15H9Cl2F2N5/c16-8-4-5-9(17)12(6-8)21-15-23-13(7-20-24-15)22-14-10(18)2-1-3-11(14)19/h1-7H,(H2,21,22,23,24). The van der Waals surface area contributed by atoms with Gasteiger partial charge < -0.3 is 10.6 Å². The molecular formula is C15H9Cl2F2N5.